The second-order valence-corrected chi connectivity index (χ2v) is 16.3. The summed E-state index contributed by atoms with van der Waals surface area (Å²) in [5, 5.41) is 10.1. The Balaban J connectivity index is 1.17. The predicted octanol–water partition coefficient (Wildman–Crippen LogP) is 14.9. The van der Waals surface area contributed by atoms with E-state index in [2.05, 4.69) is 213 Å². The fourth-order valence-corrected chi connectivity index (χ4v) is 9.93. The Bertz CT molecular complexity index is 3480. The van der Waals surface area contributed by atoms with Crippen LogP contribution in [0.25, 0.3) is 105 Å². The van der Waals surface area contributed by atoms with E-state index < -0.39 is 0 Å². The van der Waals surface area contributed by atoms with E-state index in [9.17, 15) is 0 Å². The van der Waals surface area contributed by atoms with Crippen LogP contribution in [0.4, 0.5) is 0 Å². The van der Waals surface area contributed by atoms with Crippen LogP contribution in [-0.2, 0) is 5.41 Å². The number of hydrogen-bond donors (Lipinski definition) is 0. The standard InChI is InChI=1S/C56H38N2/c1-56(2)49-29-28-41(55-57-51-22-12-13-23-52(51)58(55)42-18-4-3-5-19-42)32-45(49)46-33-47-48(34-50(46)56)54(40-27-25-36-15-7-9-17-38(36)31-40)44-21-11-10-20-43(44)53(47)39-26-24-35-14-6-8-16-37(35)30-39/h3-34H,1-2H3. The van der Waals surface area contributed by atoms with E-state index >= 15 is 0 Å². The molecule has 0 N–H and O–H groups in total. The molecule has 10 aromatic carbocycles. The monoisotopic (exact) mass is 738 g/mol. The molecule has 1 heterocycles. The van der Waals surface area contributed by atoms with Gasteiger partial charge in [-0.2, -0.15) is 0 Å². The summed E-state index contributed by atoms with van der Waals surface area (Å²) in [5.41, 5.74) is 14.4. The molecule has 1 aliphatic carbocycles. The number of benzene rings is 10. The van der Waals surface area contributed by atoms with E-state index in [1.165, 1.54) is 87.6 Å². The fourth-order valence-electron chi connectivity index (χ4n) is 9.93. The van der Waals surface area contributed by atoms with Crippen LogP contribution in [0, 0.1) is 0 Å². The van der Waals surface area contributed by atoms with Crippen molar-refractivity contribution in [3.63, 3.8) is 0 Å². The molecule has 0 fully saturated rings. The highest BCUT2D eigenvalue weighted by Crippen LogP contribution is 2.54. The summed E-state index contributed by atoms with van der Waals surface area (Å²) < 4.78 is 2.30. The molecule has 0 aliphatic heterocycles. The minimum absolute atomic E-state index is 0.216. The molecular formula is C56H38N2. The minimum atomic E-state index is -0.216. The van der Waals surface area contributed by atoms with Gasteiger partial charge in [-0.05, 0) is 142 Å². The summed E-state index contributed by atoms with van der Waals surface area (Å²) in [4.78, 5) is 5.27. The van der Waals surface area contributed by atoms with Crippen molar-refractivity contribution in [3.05, 3.63) is 205 Å². The Morgan fingerprint density at radius 1 is 0.397 bits per heavy atom. The Morgan fingerprint density at radius 2 is 0.931 bits per heavy atom. The molecule has 1 aliphatic rings. The van der Waals surface area contributed by atoms with Crippen molar-refractivity contribution in [3.8, 4) is 50.5 Å². The average molecular weight is 739 g/mol. The first kappa shape index (κ1) is 32.9. The van der Waals surface area contributed by atoms with E-state index in [0.29, 0.717) is 0 Å². The van der Waals surface area contributed by atoms with Gasteiger partial charge in [-0.15, -0.1) is 0 Å². The number of rotatable bonds is 4. The van der Waals surface area contributed by atoms with Gasteiger partial charge in [-0.3, -0.25) is 4.57 Å². The number of para-hydroxylation sites is 3. The van der Waals surface area contributed by atoms with Gasteiger partial charge in [0.05, 0.1) is 11.0 Å². The van der Waals surface area contributed by atoms with Crippen molar-refractivity contribution < 1.29 is 0 Å². The minimum Gasteiger partial charge on any atom is -0.292 e. The highest BCUT2D eigenvalue weighted by atomic mass is 15.1. The van der Waals surface area contributed by atoms with E-state index in [0.717, 1.165) is 28.1 Å². The highest BCUT2D eigenvalue weighted by Gasteiger charge is 2.37. The summed E-state index contributed by atoms with van der Waals surface area (Å²) >= 11 is 0. The van der Waals surface area contributed by atoms with Crippen LogP contribution in [0.2, 0.25) is 0 Å². The highest BCUT2D eigenvalue weighted by molar-refractivity contribution is 6.23. The molecule has 0 saturated heterocycles. The summed E-state index contributed by atoms with van der Waals surface area (Å²) in [7, 11) is 0. The van der Waals surface area contributed by atoms with Gasteiger partial charge in [0.2, 0.25) is 0 Å². The lowest BCUT2D eigenvalue weighted by Crippen LogP contribution is -2.15. The molecule has 0 saturated carbocycles. The Morgan fingerprint density at radius 3 is 1.60 bits per heavy atom. The van der Waals surface area contributed by atoms with Gasteiger partial charge < -0.3 is 0 Å². The SMILES string of the molecule is CC1(C)c2ccc(-c3nc4ccccc4n3-c3ccccc3)cc2-c2cc3c(-c4ccc5ccccc5c4)c4ccccc4c(-c4ccc5ccccc5c4)c3cc21. The van der Waals surface area contributed by atoms with Crippen LogP contribution in [0.1, 0.15) is 25.0 Å². The third-order valence-corrected chi connectivity index (χ3v) is 12.7. The molecule has 0 radical (unpaired) electrons. The molecule has 1 aromatic heterocycles. The van der Waals surface area contributed by atoms with Crippen molar-refractivity contribution in [2.24, 2.45) is 0 Å². The van der Waals surface area contributed by atoms with Gasteiger partial charge in [0, 0.05) is 16.7 Å². The van der Waals surface area contributed by atoms with Crippen LogP contribution >= 0.6 is 0 Å². The second kappa shape index (κ2) is 12.4. The first-order chi connectivity index (χ1) is 28.5. The molecule has 2 nitrogen and oxygen atoms in total. The number of fused-ring (bicyclic) bond motifs is 8. The summed E-state index contributed by atoms with van der Waals surface area (Å²) in [6, 6.07) is 71.5. The lowest BCUT2D eigenvalue weighted by molar-refractivity contribution is 0.661. The first-order valence-corrected chi connectivity index (χ1v) is 20.2. The zero-order valence-electron chi connectivity index (χ0n) is 32.4. The number of nitrogens with zero attached hydrogens (tertiary/aromatic N) is 2. The van der Waals surface area contributed by atoms with Gasteiger partial charge in [0.25, 0.3) is 0 Å². The molecule has 0 unspecified atom stereocenters. The van der Waals surface area contributed by atoms with E-state index in [4.69, 9.17) is 4.98 Å². The lowest BCUT2D eigenvalue weighted by atomic mass is 9.79. The maximum atomic E-state index is 5.27. The van der Waals surface area contributed by atoms with Crippen molar-refractivity contribution in [1.29, 1.82) is 0 Å². The van der Waals surface area contributed by atoms with Crippen LogP contribution < -0.4 is 0 Å². The molecular weight excluding hydrogens is 701 g/mol. The Labute approximate surface area is 337 Å². The topological polar surface area (TPSA) is 17.8 Å². The Hall–Kier alpha value is -7.29. The maximum absolute atomic E-state index is 5.27. The van der Waals surface area contributed by atoms with Gasteiger partial charge in [-0.25, -0.2) is 4.98 Å². The molecule has 0 atom stereocenters. The smallest absolute Gasteiger partial charge is 0.145 e. The second-order valence-electron chi connectivity index (χ2n) is 16.3. The van der Waals surface area contributed by atoms with Crippen LogP contribution in [0.3, 0.4) is 0 Å². The Kier molecular flexibility index (Phi) is 7.01. The maximum Gasteiger partial charge on any atom is 0.145 e. The number of aromatic nitrogens is 2. The molecule has 272 valence electrons. The zero-order valence-corrected chi connectivity index (χ0v) is 32.4. The molecule has 0 bridgehead atoms. The van der Waals surface area contributed by atoms with Crippen LogP contribution in [-0.4, -0.2) is 9.55 Å². The molecule has 0 spiro atoms. The zero-order chi connectivity index (χ0) is 38.5. The quantitative estimate of drug-likeness (QED) is 0.164. The van der Waals surface area contributed by atoms with Crippen LogP contribution in [0.15, 0.2) is 194 Å². The number of hydrogen-bond acceptors (Lipinski definition) is 1. The van der Waals surface area contributed by atoms with E-state index in [-0.39, 0.29) is 5.41 Å². The normalized spacial score (nSPS) is 13.1. The summed E-state index contributed by atoms with van der Waals surface area (Å²) in [5.74, 6) is 0.948. The molecule has 58 heavy (non-hydrogen) atoms. The predicted molar refractivity (Wildman–Crippen MR) is 245 cm³/mol. The first-order valence-electron chi connectivity index (χ1n) is 20.2. The molecule has 12 rings (SSSR count). The van der Waals surface area contributed by atoms with E-state index in [1.54, 1.807) is 0 Å². The molecule has 0 amide bonds. The van der Waals surface area contributed by atoms with Crippen molar-refractivity contribution in [2.75, 3.05) is 0 Å². The van der Waals surface area contributed by atoms with Gasteiger partial charge in [0.15, 0.2) is 0 Å². The van der Waals surface area contributed by atoms with Gasteiger partial charge >= 0.3 is 0 Å². The van der Waals surface area contributed by atoms with Crippen molar-refractivity contribution in [1.82, 2.24) is 9.55 Å². The fraction of sp³-hybridized carbons (Fsp3) is 0.0536. The van der Waals surface area contributed by atoms with E-state index in [1.807, 2.05) is 0 Å². The van der Waals surface area contributed by atoms with Crippen LogP contribution in [0.5, 0.6) is 0 Å². The molecule has 2 heteroatoms. The molecule has 11 aromatic rings. The third-order valence-electron chi connectivity index (χ3n) is 12.7. The average Bonchev–Trinajstić information content (AvgIpc) is 3.76. The largest absolute Gasteiger partial charge is 0.292 e. The van der Waals surface area contributed by atoms with Gasteiger partial charge in [0.1, 0.15) is 5.82 Å². The third kappa shape index (κ3) is 4.82. The number of imidazole rings is 1. The summed E-state index contributed by atoms with van der Waals surface area (Å²) in [6.45, 7) is 4.78. The van der Waals surface area contributed by atoms with Crippen molar-refractivity contribution >= 4 is 54.1 Å². The summed E-state index contributed by atoms with van der Waals surface area (Å²) in [6.07, 6.45) is 0. The van der Waals surface area contributed by atoms with Gasteiger partial charge in [-0.1, -0.05) is 153 Å². The lowest BCUT2D eigenvalue weighted by Gasteiger charge is -2.24. The van der Waals surface area contributed by atoms with Crippen molar-refractivity contribution in [2.45, 2.75) is 19.3 Å².